The second-order valence-corrected chi connectivity index (χ2v) is 8.85. The Kier molecular flexibility index (Phi) is 6.66. The average Bonchev–Trinajstić information content (AvgIpc) is 2.82. The summed E-state index contributed by atoms with van der Waals surface area (Å²) < 4.78 is 5.36. The number of aryl methyl sites for hydroxylation is 1. The minimum Gasteiger partial charge on any atom is -0.496 e. The van der Waals surface area contributed by atoms with Gasteiger partial charge in [-0.15, -0.1) is 10.2 Å². The predicted octanol–water partition coefficient (Wildman–Crippen LogP) is 4.56. The number of rotatable bonds is 6. The van der Waals surface area contributed by atoms with Gasteiger partial charge in [-0.25, -0.2) is 0 Å². The smallest absolute Gasteiger partial charge is 0.159 e. The van der Waals surface area contributed by atoms with Crippen LogP contribution in [0.2, 0.25) is 0 Å². The quantitative estimate of drug-likeness (QED) is 0.574. The molecule has 0 amide bonds. The van der Waals surface area contributed by atoms with Crippen molar-refractivity contribution in [2.75, 3.05) is 17.3 Å². The monoisotopic (exact) mass is 445 g/mol. The van der Waals surface area contributed by atoms with Crippen LogP contribution in [0.3, 0.4) is 0 Å². The molecule has 7 heteroatoms. The number of hydrogen-bond acceptors (Lipinski definition) is 7. The first kappa shape index (κ1) is 22.8. The first-order valence-electron chi connectivity index (χ1n) is 11.5. The zero-order chi connectivity index (χ0) is 23.5. The number of aliphatic hydroxyl groups is 1. The number of aliphatic hydroxyl groups excluding tert-OH is 1. The molecule has 2 N–H and O–H groups in total. The minimum absolute atomic E-state index is 0.146. The summed E-state index contributed by atoms with van der Waals surface area (Å²) >= 11 is 0. The molecule has 1 fully saturated rings. The highest BCUT2D eigenvalue weighted by Crippen LogP contribution is 2.36. The van der Waals surface area contributed by atoms with Gasteiger partial charge in [-0.05, 0) is 68.5 Å². The van der Waals surface area contributed by atoms with E-state index >= 15 is 0 Å². The van der Waals surface area contributed by atoms with Crippen LogP contribution in [0.25, 0.3) is 10.8 Å². The summed E-state index contributed by atoms with van der Waals surface area (Å²) in [5, 5.41) is 34.2. The van der Waals surface area contributed by atoms with Crippen molar-refractivity contribution in [2.45, 2.75) is 64.8 Å². The Morgan fingerprint density at radius 2 is 2.00 bits per heavy atom. The summed E-state index contributed by atoms with van der Waals surface area (Å²) in [6.07, 6.45) is 2.04. The summed E-state index contributed by atoms with van der Waals surface area (Å²) in [6, 6.07) is 14.3. The topological polar surface area (TPSA) is 94.3 Å². The molecule has 0 radical (unpaired) electrons. The van der Waals surface area contributed by atoms with E-state index in [0.29, 0.717) is 24.3 Å². The van der Waals surface area contributed by atoms with E-state index in [1.165, 1.54) is 0 Å². The number of nitrogens with one attached hydrogen (secondary N) is 1. The van der Waals surface area contributed by atoms with Crippen molar-refractivity contribution >= 4 is 22.4 Å². The van der Waals surface area contributed by atoms with Crippen LogP contribution < -0.4 is 15.0 Å². The molecule has 0 saturated carbocycles. The molecule has 33 heavy (non-hydrogen) atoms. The van der Waals surface area contributed by atoms with E-state index in [4.69, 9.17) is 4.74 Å². The molecule has 172 valence electrons. The lowest BCUT2D eigenvalue weighted by Crippen LogP contribution is -2.50. The van der Waals surface area contributed by atoms with Crippen molar-refractivity contribution in [3.8, 4) is 11.8 Å². The van der Waals surface area contributed by atoms with Gasteiger partial charge in [0.2, 0.25) is 0 Å². The fraction of sp³-hybridized carbons (Fsp3) is 0.423. The molecule has 4 rings (SSSR count). The molecule has 1 saturated heterocycles. The summed E-state index contributed by atoms with van der Waals surface area (Å²) in [5.41, 5.74) is 2.76. The van der Waals surface area contributed by atoms with E-state index in [2.05, 4.69) is 46.4 Å². The fourth-order valence-corrected chi connectivity index (χ4v) is 4.90. The van der Waals surface area contributed by atoms with Crippen molar-refractivity contribution in [3.05, 3.63) is 53.1 Å². The van der Waals surface area contributed by atoms with Crippen LogP contribution in [-0.4, -0.2) is 40.6 Å². The minimum atomic E-state index is -0.292. The van der Waals surface area contributed by atoms with E-state index in [1.807, 2.05) is 37.3 Å². The molecule has 3 unspecified atom stereocenters. The average molecular weight is 446 g/mol. The second-order valence-electron chi connectivity index (χ2n) is 8.85. The van der Waals surface area contributed by atoms with Crippen LogP contribution in [0.15, 0.2) is 36.4 Å². The number of nitrogens with zero attached hydrogens (tertiary/aromatic N) is 4. The van der Waals surface area contributed by atoms with Gasteiger partial charge in [0.1, 0.15) is 5.75 Å². The van der Waals surface area contributed by atoms with Crippen LogP contribution in [0.4, 0.5) is 11.6 Å². The van der Waals surface area contributed by atoms with Crippen LogP contribution >= 0.6 is 0 Å². The van der Waals surface area contributed by atoms with Crippen molar-refractivity contribution in [1.29, 1.82) is 5.26 Å². The predicted molar refractivity (Wildman–Crippen MR) is 131 cm³/mol. The van der Waals surface area contributed by atoms with Gasteiger partial charge >= 0.3 is 0 Å². The number of anilines is 2. The Hall–Kier alpha value is -3.37. The lowest BCUT2D eigenvalue weighted by atomic mass is 9.92. The summed E-state index contributed by atoms with van der Waals surface area (Å²) in [6.45, 7) is 6.86. The molecule has 2 aromatic carbocycles. The number of ether oxygens (including phenoxy) is 1. The van der Waals surface area contributed by atoms with Gasteiger partial charge in [-0.1, -0.05) is 19.1 Å². The SMILES string of the molecule is CCC1CC(O)CC(C)N1c1nnc(NCc2ccc(OC)c(C)c2)c2cc(C#N)ccc12. The first-order valence-corrected chi connectivity index (χ1v) is 11.5. The molecule has 0 spiro atoms. The fourth-order valence-electron chi connectivity index (χ4n) is 4.90. The molecule has 2 heterocycles. The first-order chi connectivity index (χ1) is 15.9. The number of benzene rings is 2. The molecule has 0 bridgehead atoms. The number of hydrogen-bond donors (Lipinski definition) is 2. The third kappa shape index (κ3) is 4.57. The summed E-state index contributed by atoms with van der Waals surface area (Å²) in [4.78, 5) is 2.30. The zero-order valence-electron chi connectivity index (χ0n) is 19.7. The number of methoxy groups -OCH3 is 1. The van der Waals surface area contributed by atoms with E-state index in [0.717, 1.165) is 46.3 Å². The van der Waals surface area contributed by atoms with Crippen molar-refractivity contribution in [1.82, 2.24) is 10.2 Å². The maximum Gasteiger partial charge on any atom is 0.159 e. The highest BCUT2D eigenvalue weighted by atomic mass is 16.5. The van der Waals surface area contributed by atoms with Crippen molar-refractivity contribution in [2.24, 2.45) is 0 Å². The third-order valence-corrected chi connectivity index (χ3v) is 6.55. The lowest BCUT2D eigenvalue weighted by molar-refractivity contribution is 0.111. The van der Waals surface area contributed by atoms with Crippen molar-refractivity contribution in [3.63, 3.8) is 0 Å². The molecule has 1 aromatic heterocycles. The molecule has 1 aliphatic rings. The van der Waals surface area contributed by atoms with E-state index < -0.39 is 0 Å². The third-order valence-electron chi connectivity index (χ3n) is 6.55. The number of nitriles is 1. The Bertz CT molecular complexity index is 1190. The number of piperidine rings is 1. The molecule has 0 aliphatic carbocycles. The maximum absolute atomic E-state index is 10.3. The Labute approximate surface area is 195 Å². The molecular weight excluding hydrogens is 414 g/mol. The summed E-state index contributed by atoms with van der Waals surface area (Å²) in [7, 11) is 1.67. The van der Waals surface area contributed by atoms with E-state index in [-0.39, 0.29) is 18.2 Å². The Balaban J connectivity index is 1.72. The zero-order valence-corrected chi connectivity index (χ0v) is 19.7. The van der Waals surface area contributed by atoms with E-state index in [9.17, 15) is 10.4 Å². The molecule has 3 aromatic rings. The van der Waals surface area contributed by atoms with Gasteiger partial charge in [0, 0.05) is 29.4 Å². The Morgan fingerprint density at radius 3 is 2.70 bits per heavy atom. The normalized spacial score (nSPS) is 20.5. The van der Waals surface area contributed by atoms with Gasteiger partial charge in [-0.3, -0.25) is 0 Å². The number of fused-ring (bicyclic) bond motifs is 1. The van der Waals surface area contributed by atoms with Crippen LogP contribution in [0, 0.1) is 18.3 Å². The highest BCUT2D eigenvalue weighted by Gasteiger charge is 2.33. The molecule has 7 nitrogen and oxygen atoms in total. The molecule has 1 aliphatic heterocycles. The van der Waals surface area contributed by atoms with Crippen LogP contribution in [-0.2, 0) is 6.54 Å². The van der Waals surface area contributed by atoms with Gasteiger partial charge < -0.3 is 20.1 Å². The van der Waals surface area contributed by atoms with Gasteiger partial charge in [0.25, 0.3) is 0 Å². The number of aromatic nitrogens is 2. The molecule has 3 atom stereocenters. The highest BCUT2D eigenvalue weighted by molar-refractivity contribution is 5.99. The molecular formula is C26H31N5O2. The second kappa shape index (κ2) is 9.63. The summed E-state index contributed by atoms with van der Waals surface area (Å²) in [5.74, 6) is 2.32. The largest absolute Gasteiger partial charge is 0.496 e. The maximum atomic E-state index is 10.3. The van der Waals surface area contributed by atoms with Crippen LogP contribution in [0.1, 0.15) is 49.8 Å². The van der Waals surface area contributed by atoms with Gasteiger partial charge in [-0.2, -0.15) is 5.26 Å². The lowest BCUT2D eigenvalue weighted by Gasteiger charge is -2.43. The van der Waals surface area contributed by atoms with Crippen molar-refractivity contribution < 1.29 is 9.84 Å². The van der Waals surface area contributed by atoms with E-state index in [1.54, 1.807) is 7.11 Å². The standard InChI is InChI=1S/C26H31N5O2/c1-5-20-13-21(32)11-17(3)31(20)26-22-8-6-18(14-27)12-23(22)25(29-30-26)28-15-19-7-9-24(33-4)16(2)10-19/h6-10,12,17,20-21,32H,5,11,13,15H2,1-4H3,(H,28,29). The van der Waals surface area contributed by atoms with Gasteiger partial charge in [0.15, 0.2) is 11.6 Å². The van der Waals surface area contributed by atoms with Crippen LogP contribution in [0.5, 0.6) is 5.75 Å². The van der Waals surface area contributed by atoms with Gasteiger partial charge in [0.05, 0.1) is 24.8 Å². The Morgan fingerprint density at radius 1 is 1.18 bits per heavy atom.